The first-order chi connectivity index (χ1) is 12.0. The standard InChI is InChI=1S/C20H30N2O2S/c1-4-10-21-20(24)17-7-11-22(12-8-17)19(23)9-13-25-18-6-5-15(2)16(3)14-18/h5-6,14,17H,4,7-13H2,1-3H3,(H,21,24). The molecule has 1 aromatic carbocycles. The lowest BCUT2D eigenvalue weighted by Crippen LogP contribution is -2.43. The largest absolute Gasteiger partial charge is 0.356 e. The summed E-state index contributed by atoms with van der Waals surface area (Å²) in [4.78, 5) is 27.5. The zero-order chi connectivity index (χ0) is 18.2. The van der Waals surface area contributed by atoms with E-state index in [9.17, 15) is 9.59 Å². The minimum absolute atomic E-state index is 0.0699. The van der Waals surface area contributed by atoms with Crippen LogP contribution in [0.15, 0.2) is 23.1 Å². The van der Waals surface area contributed by atoms with E-state index in [4.69, 9.17) is 0 Å². The van der Waals surface area contributed by atoms with Crippen LogP contribution >= 0.6 is 11.8 Å². The highest BCUT2D eigenvalue weighted by molar-refractivity contribution is 7.99. The van der Waals surface area contributed by atoms with Crippen molar-refractivity contribution < 1.29 is 9.59 Å². The van der Waals surface area contributed by atoms with Crippen molar-refractivity contribution in [2.24, 2.45) is 5.92 Å². The fourth-order valence-corrected chi connectivity index (χ4v) is 3.94. The number of amides is 2. The highest BCUT2D eigenvalue weighted by Crippen LogP contribution is 2.23. The molecule has 1 saturated heterocycles. The molecule has 0 bridgehead atoms. The van der Waals surface area contributed by atoms with Crippen LogP contribution in [0.5, 0.6) is 0 Å². The third kappa shape index (κ3) is 6.07. The molecule has 2 amide bonds. The van der Waals surface area contributed by atoms with E-state index in [1.807, 2.05) is 4.90 Å². The van der Waals surface area contributed by atoms with Gasteiger partial charge in [-0.15, -0.1) is 11.8 Å². The molecule has 25 heavy (non-hydrogen) atoms. The van der Waals surface area contributed by atoms with E-state index < -0.39 is 0 Å². The molecule has 5 heteroatoms. The number of aryl methyl sites for hydroxylation is 2. The number of likely N-dealkylation sites (tertiary alicyclic amines) is 1. The minimum Gasteiger partial charge on any atom is -0.356 e. The maximum atomic E-state index is 12.4. The Hall–Kier alpha value is -1.49. The van der Waals surface area contributed by atoms with Crippen molar-refractivity contribution in [3.05, 3.63) is 29.3 Å². The van der Waals surface area contributed by atoms with Gasteiger partial charge >= 0.3 is 0 Å². The SMILES string of the molecule is CCCNC(=O)C1CCN(C(=O)CCSc2ccc(C)c(C)c2)CC1. The molecule has 0 saturated carbocycles. The average molecular weight is 363 g/mol. The van der Waals surface area contributed by atoms with Crippen LogP contribution in [0.3, 0.4) is 0 Å². The van der Waals surface area contributed by atoms with Crippen LogP contribution in [0.2, 0.25) is 0 Å². The highest BCUT2D eigenvalue weighted by atomic mass is 32.2. The Bertz CT molecular complexity index is 595. The lowest BCUT2D eigenvalue weighted by Gasteiger charge is -2.31. The number of nitrogens with zero attached hydrogens (tertiary/aromatic N) is 1. The Kier molecular flexibility index (Phi) is 7.82. The van der Waals surface area contributed by atoms with Crippen molar-refractivity contribution in [3.63, 3.8) is 0 Å². The topological polar surface area (TPSA) is 49.4 Å². The van der Waals surface area contributed by atoms with Crippen LogP contribution in [-0.4, -0.2) is 42.1 Å². The van der Waals surface area contributed by atoms with Crippen molar-refractivity contribution in [3.8, 4) is 0 Å². The molecule has 2 rings (SSSR count). The molecule has 1 aliphatic heterocycles. The molecule has 0 aromatic heterocycles. The monoisotopic (exact) mass is 362 g/mol. The van der Waals surface area contributed by atoms with E-state index in [1.165, 1.54) is 16.0 Å². The zero-order valence-electron chi connectivity index (χ0n) is 15.6. The molecule has 138 valence electrons. The number of carbonyl (C=O) groups is 2. The molecule has 1 N–H and O–H groups in total. The maximum Gasteiger partial charge on any atom is 0.223 e. The molecule has 1 aromatic rings. The van der Waals surface area contributed by atoms with E-state index in [-0.39, 0.29) is 17.7 Å². The summed E-state index contributed by atoms with van der Waals surface area (Å²) in [6, 6.07) is 6.44. The molecule has 0 radical (unpaired) electrons. The summed E-state index contributed by atoms with van der Waals surface area (Å²) in [5.41, 5.74) is 2.59. The summed E-state index contributed by atoms with van der Waals surface area (Å²) in [7, 11) is 0. The average Bonchev–Trinajstić information content (AvgIpc) is 2.62. The lowest BCUT2D eigenvalue weighted by molar-refractivity contribution is -0.135. The van der Waals surface area contributed by atoms with Crippen molar-refractivity contribution in [2.75, 3.05) is 25.4 Å². The van der Waals surface area contributed by atoms with E-state index in [1.54, 1.807) is 11.8 Å². The van der Waals surface area contributed by atoms with Gasteiger partial charge in [0.25, 0.3) is 0 Å². The van der Waals surface area contributed by atoms with Crippen molar-refractivity contribution >= 4 is 23.6 Å². The molecule has 0 unspecified atom stereocenters. The normalized spacial score (nSPS) is 15.2. The third-order valence-corrected chi connectivity index (χ3v) is 5.83. The molecule has 1 heterocycles. The van der Waals surface area contributed by atoms with Crippen molar-refractivity contribution in [2.45, 2.75) is 51.3 Å². The Morgan fingerprint density at radius 3 is 2.56 bits per heavy atom. The van der Waals surface area contributed by atoms with Gasteiger partial charge in [-0.2, -0.15) is 0 Å². The molecule has 1 aliphatic rings. The summed E-state index contributed by atoms with van der Waals surface area (Å²) in [5, 5.41) is 2.96. The Morgan fingerprint density at radius 2 is 1.92 bits per heavy atom. The Balaban J connectivity index is 1.70. The number of carbonyl (C=O) groups excluding carboxylic acids is 2. The summed E-state index contributed by atoms with van der Waals surface area (Å²) < 4.78 is 0. The van der Waals surface area contributed by atoms with Gasteiger partial charge in [0, 0.05) is 42.6 Å². The predicted molar refractivity (Wildman–Crippen MR) is 104 cm³/mol. The molecular formula is C20H30N2O2S. The predicted octanol–water partition coefficient (Wildman–Crippen LogP) is 3.55. The van der Waals surface area contributed by atoms with Gasteiger partial charge in [-0.3, -0.25) is 9.59 Å². The smallest absolute Gasteiger partial charge is 0.223 e. The van der Waals surface area contributed by atoms with Crippen LogP contribution < -0.4 is 5.32 Å². The number of nitrogens with one attached hydrogen (secondary N) is 1. The van der Waals surface area contributed by atoms with Gasteiger partial charge < -0.3 is 10.2 Å². The fraction of sp³-hybridized carbons (Fsp3) is 0.600. The molecule has 0 atom stereocenters. The molecule has 1 fully saturated rings. The first kappa shape index (κ1) is 19.8. The number of benzene rings is 1. The van der Waals surface area contributed by atoms with Gasteiger partial charge in [0.1, 0.15) is 0 Å². The molecule has 0 aliphatic carbocycles. The van der Waals surface area contributed by atoms with E-state index in [0.29, 0.717) is 19.5 Å². The highest BCUT2D eigenvalue weighted by Gasteiger charge is 2.26. The van der Waals surface area contributed by atoms with Crippen LogP contribution in [0.4, 0.5) is 0 Å². The number of hydrogen-bond donors (Lipinski definition) is 1. The molecule has 0 spiro atoms. The summed E-state index contributed by atoms with van der Waals surface area (Å²) >= 11 is 1.74. The van der Waals surface area contributed by atoms with Crippen LogP contribution in [0.1, 0.15) is 43.7 Å². The second-order valence-corrected chi connectivity index (χ2v) is 7.96. The van der Waals surface area contributed by atoms with E-state index >= 15 is 0 Å². The Labute approximate surface area is 155 Å². The first-order valence-corrected chi connectivity index (χ1v) is 10.3. The van der Waals surface area contributed by atoms with E-state index in [2.05, 4.69) is 44.3 Å². The Morgan fingerprint density at radius 1 is 1.20 bits per heavy atom. The fourth-order valence-electron chi connectivity index (χ4n) is 3.00. The van der Waals surface area contributed by atoms with Crippen LogP contribution in [0.25, 0.3) is 0 Å². The summed E-state index contributed by atoms with van der Waals surface area (Å²) in [5.74, 6) is 1.24. The van der Waals surface area contributed by atoms with Gasteiger partial charge in [0.2, 0.25) is 11.8 Å². The van der Waals surface area contributed by atoms with Crippen molar-refractivity contribution in [1.82, 2.24) is 10.2 Å². The first-order valence-electron chi connectivity index (χ1n) is 9.26. The van der Waals surface area contributed by atoms with E-state index in [0.717, 1.165) is 31.6 Å². The third-order valence-electron chi connectivity index (χ3n) is 4.83. The van der Waals surface area contributed by atoms with Crippen molar-refractivity contribution in [1.29, 1.82) is 0 Å². The van der Waals surface area contributed by atoms with Crippen LogP contribution in [-0.2, 0) is 9.59 Å². The lowest BCUT2D eigenvalue weighted by atomic mass is 9.95. The second-order valence-electron chi connectivity index (χ2n) is 6.79. The quantitative estimate of drug-likeness (QED) is 0.755. The number of rotatable bonds is 7. The number of thioether (sulfide) groups is 1. The number of hydrogen-bond acceptors (Lipinski definition) is 3. The zero-order valence-corrected chi connectivity index (χ0v) is 16.5. The van der Waals surface area contributed by atoms with Crippen LogP contribution in [0, 0.1) is 19.8 Å². The summed E-state index contributed by atoms with van der Waals surface area (Å²) in [6.07, 6.45) is 3.09. The molecule has 4 nitrogen and oxygen atoms in total. The van der Waals surface area contributed by atoms with Gasteiger partial charge in [-0.05, 0) is 56.4 Å². The summed E-state index contributed by atoms with van der Waals surface area (Å²) in [6.45, 7) is 8.44. The second kappa shape index (κ2) is 9.85. The minimum atomic E-state index is 0.0699. The van der Waals surface area contributed by atoms with Gasteiger partial charge in [-0.25, -0.2) is 0 Å². The maximum absolute atomic E-state index is 12.4. The van der Waals surface area contributed by atoms with Gasteiger partial charge in [-0.1, -0.05) is 13.0 Å². The van der Waals surface area contributed by atoms with Gasteiger partial charge in [0.15, 0.2) is 0 Å². The number of piperidine rings is 1. The van der Waals surface area contributed by atoms with Gasteiger partial charge in [0.05, 0.1) is 0 Å². The molecular weight excluding hydrogens is 332 g/mol.